The van der Waals surface area contributed by atoms with Crippen molar-refractivity contribution < 1.29 is 14.3 Å². The number of esters is 1. The highest BCUT2D eigenvalue weighted by molar-refractivity contribution is 5.90. The fourth-order valence-corrected chi connectivity index (χ4v) is 1.93. The lowest BCUT2D eigenvalue weighted by atomic mass is 10.2. The molecule has 1 aromatic carbocycles. The Balaban J connectivity index is 2.51. The average molecular weight is 304 g/mol. The molecule has 0 aliphatic carbocycles. The summed E-state index contributed by atoms with van der Waals surface area (Å²) in [5, 5.41) is 5.65. The van der Waals surface area contributed by atoms with Crippen LogP contribution in [0, 0.1) is 0 Å². The van der Waals surface area contributed by atoms with E-state index < -0.39 is 0 Å². The first-order chi connectivity index (χ1) is 10.5. The minimum Gasteiger partial charge on any atom is -0.463 e. The molecule has 1 aromatic rings. The van der Waals surface area contributed by atoms with Crippen LogP contribution in [0.15, 0.2) is 30.3 Å². The second-order valence-electron chi connectivity index (χ2n) is 5.00. The number of amides is 2. The van der Waals surface area contributed by atoms with Gasteiger partial charge >= 0.3 is 12.0 Å². The van der Waals surface area contributed by atoms with Crippen molar-refractivity contribution in [3.8, 4) is 0 Å². The van der Waals surface area contributed by atoms with Gasteiger partial charge in [-0.05, 0) is 44.0 Å². The SMILES string of the molecule is CCC[C@@H](C)NC(=O)Nc1ccc(/C=C/C(=O)OCC)cc1. The quantitative estimate of drug-likeness (QED) is 0.597. The summed E-state index contributed by atoms with van der Waals surface area (Å²) in [5.74, 6) is -0.367. The van der Waals surface area contributed by atoms with Crippen molar-refractivity contribution in [2.24, 2.45) is 0 Å². The summed E-state index contributed by atoms with van der Waals surface area (Å²) in [5.41, 5.74) is 1.56. The first kappa shape index (κ1) is 17.8. The zero-order valence-corrected chi connectivity index (χ0v) is 13.4. The van der Waals surface area contributed by atoms with E-state index in [1.165, 1.54) is 6.08 Å². The van der Waals surface area contributed by atoms with Crippen molar-refractivity contribution in [2.45, 2.75) is 39.7 Å². The number of urea groups is 1. The molecule has 22 heavy (non-hydrogen) atoms. The summed E-state index contributed by atoms with van der Waals surface area (Å²) in [6.07, 6.45) is 5.03. The Morgan fingerprint density at radius 1 is 1.23 bits per heavy atom. The molecule has 120 valence electrons. The molecular formula is C17H24N2O3. The Bertz CT molecular complexity index is 509. The van der Waals surface area contributed by atoms with Crippen LogP contribution >= 0.6 is 0 Å². The maximum atomic E-state index is 11.8. The average Bonchev–Trinajstić information content (AvgIpc) is 2.47. The number of carbonyl (C=O) groups excluding carboxylic acids is 2. The van der Waals surface area contributed by atoms with Crippen molar-refractivity contribution in [3.63, 3.8) is 0 Å². The van der Waals surface area contributed by atoms with Gasteiger partial charge in [0, 0.05) is 17.8 Å². The molecule has 5 heteroatoms. The summed E-state index contributed by atoms with van der Waals surface area (Å²) in [4.78, 5) is 23.0. The Kier molecular flexibility index (Phi) is 7.75. The van der Waals surface area contributed by atoms with Gasteiger partial charge in [0.1, 0.15) is 0 Å². The maximum absolute atomic E-state index is 11.8. The molecule has 1 atom stereocenters. The molecule has 0 saturated heterocycles. The van der Waals surface area contributed by atoms with E-state index in [9.17, 15) is 9.59 Å². The van der Waals surface area contributed by atoms with Gasteiger partial charge in [0.15, 0.2) is 0 Å². The molecule has 2 N–H and O–H groups in total. The number of anilines is 1. The number of nitrogens with one attached hydrogen (secondary N) is 2. The number of ether oxygens (including phenoxy) is 1. The lowest BCUT2D eigenvalue weighted by Crippen LogP contribution is -2.35. The molecule has 0 fully saturated rings. The summed E-state index contributed by atoms with van der Waals surface area (Å²) in [6.45, 7) is 6.18. The fourth-order valence-electron chi connectivity index (χ4n) is 1.93. The van der Waals surface area contributed by atoms with Crippen LogP contribution in [0.4, 0.5) is 10.5 Å². The van der Waals surface area contributed by atoms with Crippen LogP contribution in [0.2, 0.25) is 0 Å². The Labute approximate surface area is 131 Å². The van der Waals surface area contributed by atoms with Crippen molar-refractivity contribution in [1.82, 2.24) is 5.32 Å². The van der Waals surface area contributed by atoms with Crippen molar-refractivity contribution in [3.05, 3.63) is 35.9 Å². The maximum Gasteiger partial charge on any atom is 0.330 e. The third kappa shape index (κ3) is 6.92. The standard InChI is InChI=1S/C17H24N2O3/c1-4-6-13(3)18-17(21)19-15-10-7-14(8-11-15)9-12-16(20)22-5-2/h7-13H,4-6H2,1-3H3,(H2,18,19,21)/b12-9+/t13-/m1/s1. The van der Waals surface area contributed by atoms with Crippen molar-refractivity contribution >= 4 is 23.8 Å². The van der Waals surface area contributed by atoms with Gasteiger partial charge in [-0.1, -0.05) is 25.5 Å². The lowest BCUT2D eigenvalue weighted by molar-refractivity contribution is -0.137. The van der Waals surface area contributed by atoms with E-state index >= 15 is 0 Å². The first-order valence-electron chi connectivity index (χ1n) is 7.57. The van der Waals surface area contributed by atoms with Gasteiger partial charge in [-0.25, -0.2) is 9.59 Å². The van der Waals surface area contributed by atoms with E-state index in [1.807, 2.05) is 19.1 Å². The van der Waals surface area contributed by atoms with Gasteiger partial charge in [-0.3, -0.25) is 0 Å². The minimum absolute atomic E-state index is 0.150. The van der Waals surface area contributed by atoms with Gasteiger partial charge < -0.3 is 15.4 Å². The van der Waals surface area contributed by atoms with Crippen molar-refractivity contribution in [2.75, 3.05) is 11.9 Å². The summed E-state index contributed by atoms with van der Waals surface area (Å²) in [6, 6.07) is 7.15. The zero-order valence-electron chi connectivity index (χ0n) is 13.4. The van der Waals surface area contributed by atoms with Crippen LogP contribution in [0.3, 0.4) is 0 Å². The predicted molar refractivity (Wildman–Crippen MR) is 88.6 cm³/mol. The van der Waals surface area contributed by atoms with Gasteiger partial charge in [0.2, 0.25) is 0 Å². The predicted octanol–water partition coefficient (Wildman–Crippen LogP) is 3.57. The number of benzene rings is 1. The molecule has 0 saturated carbocycles. The Morgan fingerprint density at radius 2 is 1.91 bits per heavy atom. The third-order valence-corrected chi connectivity index (χ3v) is 2.97. The lowest BCUT2D eigenvalue weighted by Gasteiger charge is -2.13. The number of carbonyl (C=O) groups is 2. The van der Waals surface area contributed by atoms with Crippen LogP contribution in [0.25, 0.3) is 6.08 Å². The molecule has 0 radical (unpaired) electrons. The third-order valence-electron chi connectivity index (χ3n) is 2.97. The molecule has 2 amide bonds. The van der Waals surface area contributed by atoms with Gasteiger partial charge in [0.25, 0.3) is 0 Å². The highest BCUT2D eigenvalue weighted by Gasteiger charge is 2.06. The molecule has 0 aliphatic rings. The smallest absolute Gasteiger partial charge is 0.330 e. The van der Waals surface area contributed by atoms with E-state index in [4.69, 9.17) is 4.74 Å². The minimum atomic E-state index is -0.367. The van der Waals surface area contributed by atoms with Crippen LogP contribution in [-0.4, -0.2) is 24.6 Å². The molecule has 5 nitrogen and oxygen atoms in total. The van der Waals surface area contributed by atoms with E-state index in [2.05, 4.69) is 17.6 Å². The molecule has 1 rings (SSSR count). The topological polar surface area (TPSA) is 67.4 Å². The monoisotopic (exact) mass is 304 g/mol. The number of rotatable bonds is 7. The first-order valence-corrected chi connectivity index (χ1v) is 7.57. The highest BCUT2D eigenvalue weighted by Crippen LogP contribution is 2.11. The molecule has 0 unspecified atom stereocenters. The summed E-state index contributed by atoms with van der Waals surface area (Å²) in [7, 11) is 0. The molecular weight excluding hydrogens is 280 g/mol. The van der Waals surface area contributed by atoms with E-state index in [-0.39, 0.29) is 18.0 Å². The number of hydrogen-bond donors (Lipinski definition) is 2. The van der Waals surface area contributed by atoms with Crippen LogP contribution < -0.4 is 10.6 Å². The number of hydrogen-bond acceptors (Lipinski definition) is 3. The van der Waals surface area contributed by atoms with E-state index in [1.54, 1.807) is 25.1 Å². The zero-order chi connectivity index (χ0) is 16.4. The van der Waals surface area contributed by atoms with Gasteiger partial charge in [-0.2, -0.15) is 0 Å². The van der Waals surface area contributed by atoms with Crippen LogP contribution in [0.1, 0.15) is 39.2 Å². The largest absolute Gasteiger partial charge is 0.463 e. The van der Waals surface area contributed by atoms with Gasteiger partial charge in [0.05, 0.1) is 6.61 Å². The normalized spacial score (nSPS) is 12.0. The van der Waals surface area contributed by atoms with Gasteiger partial charge in [-0.15, -0.1) is 0 Å². The Hall–Kier alpha value is -2.30. The molecule has 0 aromatic heterocycles. The van der Waals surface area contributed by atoms with Crippen LogP contribution in [0.5, 0.6) is 0 Å². The molecule has 0 bridgehead atoms. The second kappa shape index (κ2) is 9.60. The van der Waals surface area contributed by atoms with E-state index in [0.717, 1.165) is 18.4 Å². The van der Waals surface area contributed by atoms with Crippen LogP contribution in [-0.2, 0) is 9.53 Å². The highest BCUT2D eigenvalue weighted by atomic mass is 16.5. The second-order valence-corrected chi connectivity index (χ2v) is 5.00. The molecule has 0 spiro atoms. The summed E-state index contributed by atoms with van der Waals surface area (Å²) < 4.78 is 4.81. The van der Waals surface area contributed by atoms with E-state index in [0.29, 0.717) is 12.3 Å². The van der Waals surface area contributed by atoms with Crippen molar-refractivity contribution in [1.29, 1.82) is 0 Å². The fraction of sp³-hybridized carbons (Fsp3) is 0.412. The summed E-state index contributed by atoms with van der Waals surface area (Å²) >= 11 is 0. The molecule has 0 aliphatic heterocycles. The Morgan fingerprint density at radius 3 is 2.50 bits per heavy atom. The molecule has 0 heterocycles.